The van der Waals surface area contributed by atoms with Crippen LogP contribution >= 0.6 is 0 Å². The van der Waals surface area contributed by atoms with Gasteiger partial charge in [0.15, 0.2) is 0 Å². The molecule has 0 saturated heterocycles. The third-order valence-corrected chi connectivity index (χ3v) is 6.57. The summed E-state index contributed by atoms with van der Waals surface area (Å²) in [6, 6.07) is 25.5. The van der Waals surface area contributed by atoms with Gasteiger partial charge in [-0.25, -0.2) is 4.79 Å². The molecule has 3 nitrogen and oxygen atoms in total. The van der Waals surface area contributed by atoms with E-state index in [0.29, 0.717) is 5.56 Å². The van der Waals surface area contributed by atoms with Gasteiger partial charge < -0.3 is 9.64 Å². The van der Waals surface area contributed by atoms with E-state index in [0.717, 1.165) is 16.5 Å². The number of nitrogens with zero attached hydrogens (tertiary/aromatic N) is 1. The Morgan fingerprint density at radius 3 is 2.28 bits per heavy atom. The number of carbonyl (C=O) groups is 1. The highest BCUT2D eigenvalue weighted by Crippen LogP contribution is 2.53. The number of carbonyl (C=O) groups excluding carboxylic acids is 1. The van der Waals surface area contributed by atoms with Crippen LogP contribution in [0.15, 0.2) is 72.8 Å². The van der Waals surface area contributed by atoms with Crippen LogP contribution in [0.25, 0.3) is 10.8 Å². The maximum Gasteiger partial charge on any atom is 0.337 e. The van der Waals surface area contributed by atoms with Crippen molar-refractivity contribution in [2.24, 2.45) is 0 Å². The first kappa shape index (κ1) is 20.3. The molecule has 0 spiro atoms. The van der Waals surface area contributed by atoms with Crippen molar-refractivity contribution < 1.29 is 9.53 Å². The van der Waals surface area contributed by atoms with Gasteiger partial charge in [-0.1, -0.05) is 50.2 Å². The summed E-state index contributed by atoms with van der Waals surface area (Å²) in [5, 5.41) is 2.20. The molecule has 3 heteroatoms. The summed E-state index contributed by atoms with van der Waals surface area (Å²) in [7, 11) is 1.42. The second-order valence-electron chi connectivity index (χ2n) is 9.21. The van der Waals surface area contributed by atoms with Gasteiger partial charge >= 0.3 is 5.97 Å². The van der Waals surface area contributed by atoms with Crippen molar-refractivity contribution in [3.63, 3.8) is 0 Å². The molecule has 32 heavy (non-hydrogen) atoms. The minimum Gasteiger partial charge on any atom is -0.465 e. The number of ether oxygens (including phenoxy) is 1. The van der Waals surface area contributed by atoms with E-state index in [2.05, 4.69) is 93.3 Å². The van der Waals surface area contributed by atoms with Crippen LogP contribution in [0.1, 0.15) is 46.5 Å². The minimum atomic E-state index is -0.314. The number of para-hydroxylation sites is 1. The van der Waals surface area contributed by atoms with Gasteiger partial charge in [0.2, 0.25) is 0 Å². The van der Waals surface area contributed by atoms with Crippen molar-refractivity contribution in [3.8, 4) is 0 Å². The van der Waals surface area contributed by atoms with E-state index in [9.17, 15) is 4.79 Å². The molecule has 0 unspecified atom stereocenters. The van der Waals surface area contributed by atoms with Crippen molar-refractivity contribution in [2.75, 3.05) is 12.0 Å². The van der Waals surface area contributed by atoms with Gasteiger partial charge in [-0.15, -0.1) is 0 Å². The zero-order valence-electron chi connectivity index (χ0n) is 19.2. The number of esters is 1. The summed E-state index contributed by atoms with van der Waals surface area (Å²) in [4.78, 5) is 14.5. The maximum atomic E-state index is 12.1. The second-order valence-corrected chi connectivity index (χ2v) is 9.21. The van der Waals surface area contributed by atoms with Crippen LogP contribution in [0.2, 0.25) is 0 Å². The average Bonchev–Trinajstić information content (AvgIpc) is 2.77. The quantitative estimate of drug-likeness (QED) is 0.317. The van der Waals surface area contributed by atoms with Gasteiger partial charge in [0.05, 0.1) is 24.0 Å². The molecule has 0 radical (unpaired) electrons. The van der Waals surface area contributed by atoms with Crippen molar-refractivity contribution in [2.45, 2.75) is 33.1 Å². The lowest BCUT2D eigenvalue weighted by molar-refractivity contribution is 0.0601. The van der Waals surface area contributed by atoms with Crippen LogP contribution in [0.5, 0.6) is 0 Å². The summed E-state index contributed by atoms with van der Waals surface area (Å²) < 4.78 is 4.94. The normalized spacial score (nSPS) is 14.1. The lowest BCUT2D eigenvalue weighted by atomic mass is 9.71. The van der Waals surface area contributed by atoms with Crippen molar-refractivity contribution in [1.29, 1.82) is 0 Å². The fraction of sp³-hybridized carbons (Fsp3) is 0.207. The Bertz CT molecular complexity index is 1360. The first-order valence-corrected chi connectivity index (χ1v) is 10.9. The van der Waals surface area contributed by atoms with Gasteiger partial charge in [0, 0.05) is 11.1 Å². The molecule has 0 bridgehead atoms. The molecule has 4 aromatic carbocycles. The summed E-state index contributed by atoms with van der Waals surface area (Å²) in [5.41, 5.74) is 8.96. The van der Waals surface area contributed by atoms with Crippen molar-refractivity contribution >= 4 is 33.8 Å². The first-order chi connectivity index (χ1) is 15.3. The fourth-order valence-electron chi connectivity index (χ4n) is 5.23. The molecule has 0 aliphatic carbocycles. The number of hydrogen-bond acceptors (Lipinski definition) is 3. The molecule has 0 aromatic heterocycles. The topological polar surface area (TPSA) is 29.5 Å². The minimum absolute atomic E-state index is 0.201. The standard InChI is InChI=1S/C29H27NO2/c1-18-14-19(2)16-22(15-18)30-25-9-7-6-8-24(25)29(3,4)27-23-12-10-21(28(31)32-5)17-20(23)11-13-26(27)30/h6-17H,1-5H3. The molecular weight excluding hydrogens is 394 g/mol. The first-order valence-electron chi connectivity index (χ1n) is 10.9. The lowest BCUT2D eigenvalue weighted by Crippen LogP contribution is -2.31. The molecule has 0 atom stereocenters. The molecule has 0 N–H and O–H groups in total. The predicted octanol–water partition coefficient (Wildman–Crippen LogP) is 7.35. The number of anilines is 3. The third-order valence-electron chi connectivity index (χ3n) is 6.57. The second kappa shape index (κ2) is 7.23. The van der Waals surface area contributed by atoms with Crippen molar-refractivity contribution in [1.82, 2.24) is 0 Å². The summed E-state index contributed by atoms with van der Waals surface area (Å²) >= 11 is 0. The van der Waals surface area contributed by atoms with Gasteiger partial charge in [0.25, 0.3) is 0 Å². The molecule has 1 heterocycles. The largest absolute Gasteiger partial charge is 0.465 e. The number of benzene rings is 4. The Kier molecular flexibility index (Phi) is 4.59. The number of hydrogen-bond donors (Lipinski definition) is 0. The Balaban J connectivity index is 1.84. The van der Waals surface area contributed by atoms with Gasteiger partial charge in [0.1, 0.15) is 0 Å². The highest BCUT2D eigenvalue weighted by molar-refractivity contribution is 6.01. The van der Waals surface area contributed by atoms with Crippen LogP contribution in [0.3, 0.4) is 0 Å². The lowest BCUT2D eigenvalue weighted by Gasteiger charge is -2.43. The number of aryl methyl sites for hydroxylation is 2. The van der Waals surface area contributed by atoms with Crippen LogP contribution in [-0.2, 0) is 10.2 Å². The van der Waals surface area contributed by atoms with E-state index in [1.165, 1.54) is 40.7 Å². The molecule has 0 amide bonds. The fourth-order valence-corrected chi connectivity index (χ4v) is 5.23. The van der Waals surface area contributed by atoms with Crippen LogP contribution in [0, 0.1) is 13.8 Å². The summed E-state index contributed by atoms with van der Waals surface area (Å²) in [5.74, 6) is -0.314. The maximum absolute atomic E-state index is 12.1. The van der Waals surface area contributed by atoms with Crippen LogP contribution in [-0.4, -0.2) is 13.1 Å². The Morgan fingerprint density at radius 2 is 1.56 bits per heavy atom. The summed E-state index contributed by atoms with van der Waals surface area (Å²) in [6.07, 6.45) is 0. The molecular formula is C29H27NO2. The Hall–Kier alpha value is -3.59. The predicted molar refractivity (Wildman–Crippen MR) is 132 cm³/mol. The van der Waals surface area contributed by atoms with E-state index in [1.807, 2.05) is 12.1 Å². The number of rotatable bonds is 2. The zero-order valence-corrected chi connectivity index (χ0v) is 19.2. The van der Waals surface area contributed by atoms with Gasteiger partial charge in [-0.2, -0.15) is 0 Å². The van der Waals surface area contributed by atoms with E-state index in [4.69, 9.17) is 4.74 Å². The van der Waals surface area contributed by atoms with Crippen LogP contribution < -0.4 is 4.90 Å². The van der Waals surface area contributed by atoms with E-state index in [1.54, 1.807) is 0 Å². The monoisotopic (exact) mass is 421 g/mol. The molecule has 0 fully saturated rings. The van der Waals surface area contributed by atoms with Crippen LogP contribution in [0.4, 0.5) is 17.1 Å². The van der Waals surface area contributed by atoms with E-state index >= 15 is 0 Å². The van der Waals surface area contributed by atoms with Gasteiger partial charge in [-0.3, -0.25) is 0 Å². The SMILES string of the molecule is COC(=O)c1ccc2c3c(ccc2c1)N(c1cc(C)cc(C)c1)c1ccccc1C3(C)C. The van der Waals surface area contributed by atoms with E-state index in [-0.39, 0.29) is 11.4 Å². The third kappa shape index (κ3) is 3.00. The Morgan fingerprint density at radius 1 is 0.844 bits per heavy atom. The molecule has 5 rings (SSSR count). The summed E-state index contributed by atoms with van der Waals surface area (Å²) in [6.45, 7) is 8.87. The molecule has 160 valence electrons. The average molecular weight is 422 g/mol. The highest BCUT2D eigenvalue weighted by Gasteiger charge is 2.38. The van der Waals surface area contributed by atoms with Gasteiger partial charge in [-0.05, 0) is 83.3 Å². The zero-order chi connectivity index (χ0) is 22.6. The number of fused-ring (bicyclic) bond motifs is 4. The molecule has 4 aromatic rings. The number of methoxy groups -OCH3 is 1. The van der Waals surface area contributed by atoms with E-state index < -0.39 is 0 Å². The Labute approximate surface area is 189 Å². The smallest absolute Gasteiger partial charge is 0.337 e. The molecule has 1 aliphatic rings. The highest BCUT2D eigenvalue weighted by atomic mass is 16.5. The molecule has 0 saturated carbocycles. The van der Waals surface area contributed by atoms with Crippen molar-refractivity contribution in [3.05, 3.63) is 101 Å². The molecule has 1 aliphatic heterocycles.